The number of rotatable bonds is 26. The Morgan fingerprint density at radius 3 is 1.49 bits per heavy atom. The molecule has 0 spiro atoms. The minimum atomic E-state index is -1.28. The number of carbonyl (C=O) groups is 4. The van der Waals surface area contributed by atoms with Crippen LogP contribution in [0.4, 0.5) is 0 Å². The summed E-state index contributed by atoms with van der Waals surface area (Å²) in [6.45, 7) is 7.40. The Bertz CT molecular complexity index is 818. The van der Waals surface area contributed by atoms with Gasteiger partial charge in [0.05, 0.1) is 13.2 Å². The zero-order chi connectivity index (χ0) is 33.3. The van der Waals surface area contributed by atoms with Crippen LogP contribution in [-0.2, 0) is 47.6 Å². The van der Waals surface area contributed by atoms with E-state index in [0.29, 0.717) is 25.7 Å². The Morgan fingerprint density at radius 2 is 0.978 bits per heavy atom. The molecule has 45 heavy (non-hydrogen) atoms. The first-order valence-corrected chi connectivity index (χ1v) is 17.4. The second kappa shape index (κ2) is 25.9. The van der Waals surface area contributed by atoms with Gasteiger partial charge in [-0.05, 0) is 25.7 Å². The molecule has 11 nitrogen and oxygen atoms in total. The highest BCUT2D eigenvalue weighted by atomic mass is 16.7. The second-order valence-corrected chi connectivity index (χ2v) is 11.7. The molecule has 1 aliphatic heterocycles. The number of hydrogen-bond acceptors (Lipinski definition) is 11. The Morgan fingerprint density at radius 1 is 0.556 bits per heavy atom. The van der Waals surface area contributed by atoms with Gasteiger partial charge in [-0.2, -0.15) is 0 Å². The summed E-state index contributed by atoms with van der Waals surface area (Å²) in [6.07, 6.45) is 6.35. The van der Waals surface area contributed by atoms with Crippen molar-refractivity contribution < 1.29 is 52.7 Å². The largest absolute Gasteiger partial charge is 0.463 e. The molecule has 1 N–H and O–H groups in total. The van der Waals surface area contributed by atoms with E-state index in [9.17, 15) is 24.3 Å². The van der Waals surface area contributed by atoms with Crippen molar-refractivity contribution >= 4 is 23.9 Å². The number of aliphatic hydroxyl groups is 1. The molecule has 0 aromatic heterocycles. The standard InChI is InChI=1S/C34H60O11/c1-5-9-13-14-18-22-30(39)45-33-32(44-29(38)21-17-12-8-4)31(43-28(37)20-16-11-7-3)26(42-34(33)40-24-23-35)25-41-27(36)19-15-10-6-2/h26,31-35H,5-25H2,1-4H3/t26-,31-,32+,33+,34-/m1/s1. The van der Waals surface area contributed by atoms with Crippen molar-refractivity contribution in [3.8, 4) is 0 Å². The SMILES string of the molecule is CCCCCCCC(=O)O[C@@H]1[C@H](OCCO)O[C@H](COC(=O)CCCCC)[C@@H](OC(=O)CCCCC)[C@@H]1OC(=O)CCCCC. The predicted molar refractivity (Wildman–Crippen MR) is 168 cm³/mol. The van der Waals surface area contributed by atoms with Gasteiger partial charge in [0.25, 0.3) is 0 Å². The molecule has 1 fully saturated rings. The van der Waals surface area contributed by atoms with E-state index in [1.165, 1.54) is 0 Å². The van der Waals surface area contributed by atoms with Crippen molar-refractivity contribution in [2.45, 2.75) is 174 Å². The molecular weight excluding hydrogens is 584 g/mol. The normalized spacial score (nSPS) is 21.2. The molecule has 1 rings (SSSR count). The summed E-state index contributed by atoms with van der Waals surface area (Å²) in [5, 5.41) is 9.49. The van der Waals surface area contributed by atoms with Crippen molar-refractivity contribution in [2.75, 3.05) is 19.8 Å². The molecule has 0 aliphatic carbocycles. The van der Waals surface area contributed by atoms with Gasteiger partial charge in [-0.25, -0.2) is 0 Å². The second-order valence-electron chi connectivity index (χ2n) is 11.7. The van der Waals surface area contributed by atoms with Gasteiger partial charge < -0.3 is 33.5 Å². The highest BCUT2D eigenvalue weighted by molar-refractivity contribution is 5.72. The van der Waals surface area contributed by atoms with Crippen molar-refractivity contribution in [2.24, 2.45) is 0 Å². The van der Waals surface area contributed by atoms with Gasteiger partial charge in [0, 0.05) is 25.7 Å². The Hall–Kier alpha value is -2.24. The summed E-state index contributed by atoms with van der Waals surface area (Å²) < 4.78 is 35.0. The Labute approximate surface area is 270 Å². The molecule has 0 radical (unpaired) electrons. The summed E-state index contributed by atoms with van der Waals surface area (Å²) in [5.41, 5.74) is 0. The van der Waals surface area contributed by atoms with E-state index in [0.717, 1.165) is 64.2 Å². The summed E-state index contributed by atoms with van der Waals surface area (Å²) in [6, 6.07) is 0. The third-order valence-electron chi connectivity index (χ3n) is 7.61. The quantitative estimate of drug-likeness (QED) is 0.0662. The molecule has 262 valence electrons. The van der Waals surface area contributed by atoms with Crippen molar-refractivity contribution in [3.63, 3.8) is 0 Å². The molecule has 0 aromatic carbocycles. The zero-order valence-electron chi connectivity index (χ0n) is 28.3. The third kappa shape index (κ3) is 17.9. The third-order valence-corrected chi connectivity index (χ3v) is 7.61. The molecule has 1 aliphatic rings. The van der Waals surface area contributed by atoms with Crippen LogP contribution in [0.2, 0.25) is 0 Å². The van der Waals surface area contributed by atoms with Gasteiger partial charge in [-0.1, -0.05) is 91.9 Å². The lowest BCUT2D eigenvalue weighted by atomic mass is 9.97. The van der Waals surface area contributed by atoms with Crippen molar-refractivity contribution in [1.82, 2.24) is 0 Å². The lowest BCUT2D eigenvalue weighted by Crippen LogP contribution is -2.63. The first kappa shape index (κ1) is 40.8. The zero-order valence-corrected chi connectivity index (χ0v) is 28.3. The Balaban J connectivity index is 3.33. The van der Waals surface area contributed by atoms with E-state index in [-0.39, 0.29) is 45.5 Å². The van der Waals surface area contributed by atoms with Crippen molar-refractivity contribution in [3.05, 3.63) is 0 Å². The fraction of sp³-hybridized carbons (Fsp3) is 0.882. The first-order valence-electron chi connectivity index (χ1n) is 17.4. The summed E-state index contributed by atoms with van der Waals surface area (Å²) in [4.78, 5) is 51.6. The molecular formula is C34H60O11. The van der Waals surface area contributed by atoms with Gasteiger partial charge in [0.15, 0.2) is 24.6 Å². The maximum absolute atomic E-state index is 13.1. The highest BCUT2D eigenvalue weighted by Crippen LogP contribution is 2.31. The van der Waals surface area contributed by atoms with Gasteiger partial charge in [-0.3, -0.25) is 19.2 Å². The van der Waals surface area contributed by atoms with E-state index < -0.39 is 54.6 Å². The molecule has 0 saturated carbocycles. The fourth-order valence-corrected chi connectivity index (χ4v) is 5.03. The molecule has 0 unspecified atom stereocenters. The van der Waals surface area contributed by atoms with Crippen LogP contribution in [0.5, 0.6) is 0 Å². The van der Waals surface area contributed by atoms with Crippen LogP contribution in [0.25, 0.3) is 0 Å². The number of esters is 4. The molecule has 1 saturated heterocycles. The lowest BCUT2D eigenvalue weighted by molar-refractivity contribution is -0.309. The van der Waals surface area contributed by atoms with Gasteiger partial charge in [-0.15, -0.1) is 0 Å². The van der Waals surface area contributed by atoms with E-state index in [1.807, 2.05) is 20.8 Å². The van der Waals surface area contributed by atoms with Crippen LogP contribution in [0.3, 0.4) is 0 Å². The summed E-state index contributed by atoms with van der Waals surface area (Å²) in [5.74, 6) is -2.03. The summed E-state index contributed by atoms with van der Waals surface area (Å²) in [7, 11) is 0. The molecule has 1 heterocycles. The number of hydrogen-bond donors (Lipinski definition) is 1. The van der Waals surface area contributed by atoms with E-state index in [1.54, 1.807) is 0 Å². The fourth-order valence-electron chi connectivity index (χ4n) is 5.03. The molecule has 0 bridgehead atoms. The van der Waals surface area contributed by atoms with E-state index in [4.69, 9.17) is 28.4 Å². The minimum Gasteiger partial charge on any atom is -0.463 e. The van der Waals surface area contributed by atoms with Crippen LogP contribution in [-0.4, -0.2) is 79.5 Å². The van der Waals surface area contributed by atoms with Crippen LogP contribution >= 0.6 is 0 Å². The number of unbranched alkanes of at least 4 members (excludes halogenated alkanes) is 10. The number of ether oxygens (including phenoxy) is 6. The molecule has 11 heteroatoms. The van der Waals surface area contributed by atoms with Gasteiger partial charge in [0.2, 0.25) is 0 Å². The maximum Gasteiger partial charge on any atom is 0.306 e. The van der Waals surface area contributed by atoms with Crippen LogP contribution < -0.4 is 0 Å². The van der Waals surface area contributed by atoms with Gasteiger partial charge >= 0.3 is 23.9 Å². The topological polar surface area (TPSA) is 144 Å². The lowest BCUT2D eigenvalue weighted by Gasteiger charge is -2.44. The predicted octanol–water partition coefficient (Wildman–Crippen LogP) is 6.10. The van der Waals surface area contributed by atoms with Crippen LogP contribution in [0.15, 0.2) is 0 Å². The maximum atomic E-state index is 13.1. The first-order chi connectivity index (χ1) is 21.8. The van der Waals surface area contributed by atoms with Crippen LogP contribution in [0, 0.1) is 0 Å². The molecule has 5 atom stereocenters. The minimum absolute atomic E-state index is 0.125. The average Bonchev–Trinajstić information content (AvgIpc) is 3.01. The highest BCUT2D eigenvalue weighted by Gasteiger charge is 2.53. The van der Waals surface area contributed by atoms with Gasteiger partial charge in [0.1, 0.15) is 12.7 Å². The average molecular weight is 645 g/mol. The van der Waals surface area contributed by atoms with Crippen molar-refractivity contribution in [1.29, 1.82) is 0 Å². The number of carbonyl (C=O) groups excluding carboxylic acids is 4. The smallest absolute Gasteiger partial charge is 0.306 e. The molecule has 0 aromatic rings. The number of aliphatic hydroxyl groups excluding tert-OH is 1. The molecule has 0 amide bonds. The Kier molecular flexibility index (Phi) is 23.5. The van der Waals surface area contributed by atoms with Crippen LogP contribution in [0.1, 0.15) is 143 Å². The summed E-state index contributed by atoms with van der Waals surface area (Å²) >= 11 is 0. The van der Waals surface area contributed by atoms with E-state index >= 15 is 0 Å². The monoisotopic (exact) mass is 644 g/mol. The van der Waals surface area contributed by atoms with E-state index in [2.05, 4.69) is 6.92 Å².